The fourth-order valence-corrected chi connectivity index (χ4v) is 4.95. The van der Waals surface area contributed by atoms with Crippen LogP contribution in [-0.2, 0) is 16.8 Å². The summed E-state index contributed by atoms with van der Waals surface area (Å²) in [6.07, 6.45) is 3.68. The second-order valence-electron chi connectivity index (χ2n) is 9.30. The fraction of sp³-hybridized carbons (Fsp3) is 0.385. The van der Waals surface area contributed by atoms with E-state index < -0.39 is 22.1 Å². The van der Waals surface area contributed by atoms with Gasteiger partial charge in [-0.1, -0.05) is 64.1 Å². The van der Waals surface area contributed by atoms with Gasteiger partial charge in [0.1, 0.15) is 5.82 Å². The van der Waals surface area contributed by atoms with Crippen molar-refractivity contribution in [1.82, 2.24) is 9.03 Å². The third kappa shape index (κ3) is 6.99. The van der Waals surface area contributed by atoms with Gasteiger partial charge in [-0.2, -0.15) is 12.7 Å². The molecule has 0 fully saturated rings. The predicted octanol–water partition coefficient (Wildman–Crippen LogP) is 5.34. The van der Waals surface area contributed by atoms with Crippen LogP contribution in [0.5, 0.6) is 0 Å². The Hall–Kier alpha value is -3.04. The van der Waals surface area contributed by atoms with Crippen molar-refractivity contribution in [3.63, 3.8) is 0 Å². The molecule has 0 radical (unpaired) electrons. The molecule has 0 aliphatic carbocycles. The SMILES string of the molecule is CC1C=CC(CN(Cc2ccccc2)S(=O)(=O)NC(=O)Nc2c(C(C)C)cc(F)cc2C(C)C)=N1. The monoisotopic (exact) mass is 500 g/mol. The van der Waals surface area contributed by atoms with E-state index in [1.165, 1.54) is 16.4 Å². The lowest BCUT2D eigenvalue weighted by atomic mass is 9.92. The lowest BCUT2D eigenvalue weighted by molar-refractivity contribution is 0.255. The number of aliphatic imine (C=N–C) groups is 1. The van der Waals surface area contributed by atoms with Gasteiger partial charge in [0.15, 0.2) is 0 Å². The van der Waals surface area contributed by atoms with Crippen molar-refractivity contribution in [3.05, 3.63) is 77.1 Å². The highest BCUT2D eigenvalue weighted by Gasteiger charge is 2.27. The zero-order valence-corrected chi connectivity index (χ0v) is 21.6. The Morgan fingerprint density at radius 2 is 1.66 bits per heavy atom. The van der Waals surface area contributed by atoms with Crippen LogP contribution >= 0.6 is 0 Å². The number of carbonyl (C=O) groups is 1. The molecule has 3 rings (SSSR count). The van der Waals surface area contributed by atoms with E-state index in [9.17, 15) is 17.6 Å². The smallest absolute Gasteiger partial charge is 0.307 e. The first-order chi connectivity index (χ1) is 16.5. The molecule has 0 aromatic heterocycles. The number of hydrogen-bond acceptors (Lipinski definition) is 4. The Labute approximate surface area is 207 Å². The van der Waals surface area contributed by atoms with E-state index in [0.29, 0.717) is 22.5 Å². The molecule has 0 bridgehead atoms. The molecule has 1 atom stereocenters. The van der Waals surface area contributed by atoms with Crippen molar-refractivity contribution in [3.8, 4) is 0 Å². The molecule has 0 saturated heterocycles. The fourth-order valence-electron chi connectivity index (χ4n) is 3.91. The van der Waals surface area contributed by atoms with Gasteiger partial charge in [-0.3, -0.25) is 4.99 Å². The molecular weight excluding hydrogens is 467 g/mol. The van der Waals surface area contributed by atoms with Gasteiger partial charge in [-0.25, -0.2) is 13.9 Å². The lowest BCUT2D eigenvalue weighted by Gasteiger charge is -2.24. The lowest BCUT2D eigenvalue weighted by Crippen LogP contribution is -2.46. The van der Waals surface area contributed by atoms with Crippen LogP contribution in [0.4, 0.5) is 14.9 Å². The van der Waals surface area contributed by atoms with E-state index in [2.05, 4.69) is 15.0 Å². The molecule has 1 aliphatic rings. The van der Waals surface area contributed by atoms with Gasteiger partial charge in [-0.05, 0) is 53.7 Å². The number of urea groups is 1. The quantitative estimate of drug-likeness (QED) is 0.487. The Kier molecular flexibility index (Phi) is 8.45. The zero-order valence-electron chi connectivity index (χ0n) is 20.7. The standard InChI is InChI=1S/C26H33FN4O3S/c1-17(2)23-13-21(27)14-24(18(3)4)25(23)29-26(32)30-35(33,34)31(15-20-9-7-6-8-10-20)16-22-12-11-19(5)28-22/h6-14,17-19H,15-16H2,1-5H3,(H2,29,30,32). The van der Waals surface area contributed by atoms with Crippen molar-refractivity contribution in [2.24, 2.45) is 4.99 Å². The van der Waals surface area contributed by atoms with Gasteiger partial charge in [0, 0.05) is 12.2 Å². The van der Waals surface area contributed by atoms with Crippen LogP contribution in [-0.4, -0.2) is 37.1 Å². The third-order valence-corrected chi connectivity index (χ3v) is 7.07. The normalized spacial score (nSPS) is 15.7. The van der Waals surface area contributed by atoms with Crippen LogP contribution < -0.4 is 10.0 Å². The molecule has 1 unspecified atom stereocenters. The summed E-state index contributed by atoms with van der Waals surface area (Å²) in [5.41, 5.74) is 3.01. The zero-order chi connectivity index (χ0) is 25.8. The Morgan fingerprint density at radius 3 is 2.17 bits per heavy atom. The molecule has 35 heavy (non-hydrogen) atoms. The average Bonchev–Trinajstić information content (AvgIpc) is 3.19. The van der Waals surface area contributed by atoms with E-state index in [1.807, 2.05) is 71.0 Å². The van der Waals surface area contributed by atoms with Crippen molar-refractivity contribution in [2.45, 2.75) is 59.0 Å². The summed E-state index contributed by atoms with van der Waals surface area (Å²) in [6.45, 7) is 9.54. The molecule has 0 spiro atoms. The number of carbonyl (C=O) groups excluding carboxylic acids is 1. The highest BCUT2D eigenvalue weighted by atomic mass is 32.2. The number of amides is 2. The van der Waals surface area contributed by atoms with Crippen molar-refractivity contribution < 1.29 is 17.6 Å². The number of nitrogens with zero attached hydrogens (tertiary/aromatic N) is 2. The summed E-state index contributed by atoms with van der Waals surface area (Å²) in [4.78, 5) is 17.4. The molecular formula is C26H33FN4O3S. The number of benzene rings is 2. The maximum atomic E-state index is 14.2. The third-order valence-electron chi connectivity index (χ3n) is 5.68. The van der Waals surface area contributed by atoms with Crippen molar-refractivity contribution >= 4 is 27.6 Å². The summed E-state index contributed by atoms with van der Waals surface area (Å²) in [7, 11) is -4.24. The topological polar surface area (TPSA) is 90.9 Å². The molecule has 7 nitrogen and oxygen atoms in total. The van der Waals surface area contributed by atoms with Crippen LogP contribution in [0.1, 0.15) is 63.1 Å². The first kappa shape index (κ1) is 26.6. The average molecular weight is 501 g/mol. The van der Waals surface area contributed by atoms with Gasteiger partial charge in [0.05, 0.1) is 18.3 Å². The number of nitrogens with one attached hydrogen (secondary N) is 2. The summed E-state index contributed by atoms with van der Waals surface area (Å²) in [6, 6.07) is 10.9. The number of halogens is 1. The Morgan fingerprint density at radius 1 is 1.06 bits per heavy atom. The maximum Gasteiger partial charge on any atom is 0.333 e. The van der Waals surface area contributed by atoms with E-state index in [4.69, 9.17) is 0 Å². The van der Waals surface area contributed by atoms with E-state index in [1.54, 1.807) is 6.08 Å². The number of rotatable bonds is 9. The Bertz CT molecular complexity index is 1200. The highest BCUT2D eigenvalue weighted by Crippen LogP contribution is 2.33. The molecule has 2 aromatic rings. The van der Waals surface area contributed by atoms with E-state index in [0.717, 1.165) is 5.56 Å². The van der Waals surface area contributed by atoms with Crippen LogP contribution in [0.2, 0.25) is 0 Å². The van der Waals surface area contributed by atoms with Crippen molar-refractivity contribution in [1.29, 1.82) is 0 Å². The number of anilines is 1. The summed E-state index contributed by atoms with van der Waals surface area (Å²) >= 11 is 0. The van der Waals surface area contributed by atoms with Crippen molar-refractivity contribution in [2.75, 3.05) is 11.9 Å². The van der Waals surface area contributed by atoms with Gasteiger partial charge < -0.3 is 5.32 Å². The van der Waals surface area contributed by atoms with Gasteiger partial charge in [0.25, 0.3) is 0 Å². The minimum absolute atomic E-state index is 0.0172. The Balaban J connectivity index is 1.87. The van der Waals surface area contributed by atoms with Gasteiger partial charge in [0.2, 0.25) is 0 Å². The predicted molar refractivity (Wildman–Crippen MR) is 139 cm³/mol. The molecule has 2 aromatic carbocycles. The van der Waals surface area contributed by atoms with E-state index >= 15 is 0 Å². The highest BCUT2D eigenvalue weighted by molar-refractivity contribution is 7.87. The second kappa shape index (κ2) is 11.1. The summed E-state index contributed by atoms with van der Waals surface area (Å²) in [5, 5.41) is 2.68. The van der Waals surface area contributed by atoms with Gasteiger partial charge >= 0.3 is 16.2 Å². The summed E-state index contributed by atoms with van der Waals surface area (Å²) < 4.78 is 44.2. The van der Waals surface area contributed by atoms with Crippen LogP contribution in [0.15, 0.2) is 59.6 Å². The van der Waals surface area contributed by atoms with Crippen LogP contribution in [0.25, 0.3) is 0 Å². The minimum atomic E-state index is -4.24. The molecule has 2 N–H and O–H groups in total. The molecule has 1 aliphatic heterocycles. The summed E-state index contributed by atoms with van der Waals surface area (Å²) in [5.74, 6) is -0.567. The maximum absolute atomic E-state index is 14.2. The largest absolute Gasteiger partial charge is 0.333 e. The molecule has 9 heteroatoms. The first-order valence-electron chi connectivity index (χ1n) is 11.7. The molecule has 188 valence electrons. The minimum Gasteiger partial charge on any atom is -0.307 e. The molecule has 2 amide bonds. The van der Waals surface area contributed by atoms with Crippen LogP contribution in [0.3, 0.4) is 0 Å². The molecule has 0 saturated carbocycles. The van der Waals surface area contributed by atoms with Crippen LogP contribution in [0, 0.1) is 5.82 Å². The van der Waals surface area contributed by atoms with Gasteiger partial charge in [-0.15, -0.1) is 0 Å². The second-order valence-corrected chi connectivity index (χ2v) is 11.0. The first-order valence-corrected chi connectivity index (χ1v) is 13.1. The number of hydrogen-bond donors (Lipinski definition) is 2. The van der Waals surface area contributed by atoms with E-state index in [-0.39, 0.29) is 31.0 Å². The molecule has 1 heterocycles.